The molecule has 2 aliphatic heterocycles. The lowest BCUT2D eigenvalue weighted by atomic mass is 9.80. The van der Waals surface area contributed by atoms with Crippen molar-refractivity contribution in [2.24, 2.45) is 17.6 Å². The number of carbonyl (C=O) groups is 4. The van der Waals surface area contributed by atoms with Crippen molar-refractivity contribution >= 4 is 23.4 Å². The summed E-state index contributed by atoms with van der Waals surface area (Å²) in [5.74, 6) is 0.202. The first kappa shape index (κ1) is 23.3. The quantitative estimate of drug-likeness (QED) is 0.684. The van der Waals surface area contributed by atoms with Gasteiger partial charge in [0.1, 0.15) is 0 Å². The third kappa shape index (κ3) is 3.05. The number of carbonyl (C=O) groups excluding carboxylic acids is 4. The van der Waals surface area contributed by atoms with Crippen LogP contribution in [0.25, 0.3) is 0 Å². The summed E-state index contributed by atoms with van der Waals surface area (Å²) in [6.45, 7) is 3.28. The molecule has 7 rings (SSSR count). The van der Waals surface area contributed by atoms with E-state index in [-0.39, 0.29) is 53.5 Å². The van der Waals surface area contributed by atoms with E-state index in [9.17, 15) is 19.2 Å². The molecule has 3 aliphatic carbocycles. The zero-order valence-electron chi connectivity index (χ0n) is 21.2. The molecule has 0 radical (unpaired) electrons. The van der Waals surface area contributed by atoms with E-state index in [1.807, 2.05) is 48.5 Å². The van der Waals surface area contributed by atoms with E-state index >= 15 is 0 Å². The van der Waals surface area contributed by atoms with E-state index in [1.165, 1.54) is 0 Å². The third-order valence-corrected chi connectivity index (χ3v) is 9.46. The lowest BCUT2D eigenvalue weighted by Gasteiger charge is -2.31. The van der Waals surface area contributed by atoms with Crippen LogP contribution in [0.2, 0.25) is 0 Å². The topological polar surface area (TPSA) is 101 Å². The molecule has 7 heteroatoms. The fraction of sp³-hybridized carbons (Fsp3) is 0.355. The SMILES string of the molecule is CC1C2CN(C(=O)CC(N)CC(=O)N3CCC4C3=CC(=O)c3ccccc34)C3=CC(=O)c4ccccc4[C@]312. The molecule has 2 heterocycles. The van der Waals surface area contributed by atoms with Crippen molar-refractivity contribution in [2.75, 3.05) is 13.1 Å². The van der Waals surface area contributed by atoms with Gasteiger partial charge in [-0.05, 0) is 29.4 Å². The van der Waals surface area contributed by atoms with Crippen LogP contribution >= 0.6 is 0 Å². The normalized spacial score (nSPS) is 28.9. The fourth-order valence-corrected chi connectivity index (χ4v) is 7.63. The monoisotopic (exact) mass is 507 g/mol. The highest BCUT2D eigenvalue weighted by Gasteiger charge is 2.72. The number of amides is 2. The highest BCUT2D eigenvalue weighted by Crippen LogP contribution is 2.70. The Kier molecular flexibility index (Phi) is 4.95. The Labute approximate surface area is 221 Å². The number of likely N-dealkylation sites (tertiary alicyclic amines) is 2. The Balaban J connectivity index is 1.05. The van der Waals surface area contributed by atoms with E-state index in [2.05, 4.69) is 6.92 Å². The van der Waals surface area contributed by atoms with Gasteiger partial charge >= 0.3 is 0 Å². The lowest BCUT2D eigenvalue weighted by molar-refractivity contribution is -0.131. The third-order valence-electron chi connectivity index (χ3n) is 9.46. The Morgan fingerprint density at radius 3 is 2.39 bits per heavy atom. The van der Waals surface area contributed by atoms with Crippen LogP contribution in [0.3, 0.4) is 0 Å². The van der Waals surface area contributed by atoms with Crippen LogP contribution in [0.1, 0.15) is 63.9 Å². The molecule has 2 aromatic carbocycles. The number of benzene rings is 2. The van der Waals surface area contributed by atoms with Crippen LogP contribution in [-0.2, 0) is 15.0 Å². The number of piperidine rings is 1. The van der Waals surface area contributed by atoms with E-state index in [1.54, 1.807) is 22.0 Å². The highest BCUT2D eigenvalue weighted by atomic mass is 16.2. The average Bonchev–Trinajstić information content (AvgIpc) is 3.21. The van der Waals surface area contributed by atoms with Crippen LogP contribution in [0.5, 0.6) is 0 Å². The van der Waals surface area contributed by atoms with E-state index in [0.717, 1.165) is 34.5 Å². The second-order valence-electron chi connectivity index (χ2n) is 11.3. The number of hydrogen-bond donors (Lipinski definition) is 1. The second kappa shape index (κ2) is 8.08. The molecule has 192 valence electrons. The Morgan fingerprint density at radius 2 is 1.61 bits per heavy atom. The molecule has 4 unspecified atom stereocenters. The molecular formula is C31H29N3O4. The van der Waals surface area contributed by atoms with Crippen LogP contribution in [0.4, 0.5) is 0 Å². The smallest absolute Gasteiger partial charge is 0.228 e. The Bertz CT molecular complexity index is 1510. The Hall–Kier alpha value is -3.84. The minimum atomic E-state index is -0.654. The van der Waals surface area contributed by atoms with Gasteiger partial charge in [0.15, 0.2) is 11.6 Å². The van der Waals surface area contributed by atoms with Crippen molar-refractivity contribution in [3.63, 3.8) is 0 Å². The summed E-state index contributed by atoms with van der Waals surface area (Å²) in [5, 5.41) is 0. The van der Waals surface area contributed by atoms with Crippen molar-refractivity contribution < 1.29 is 19.2 Å². The van der Waals surface area contributed by atoms with Gasteiger partial charge in [-0.3, -0.25) is 19.2 Å². The summed E-state index contributed by atoms with van der Waals surface area (Å²) in [4.78, 5) is 55.6. The van der Waals surface area contributed by atoms with Gasteiger partial charge in [0.05, 0.1) is 0 Å². The fourth-order valence-electron chi connectivity index (χ4n) is 7.63. The molecule has 1 spiro atoms. The second-order valence-corrected chi connectivity index (χ2v) is 11.3. The maximum absolute atomic E-state index is 13.4. The van der Waals surface area contributed by atoms with E-state index < -0.39 is 6.04 Å². The number of hydrogen-bond acceptors (Lipinski definition) is 5. The molecule has 2 N–H and O–H groups in total. The van der Waals surface area contributed by atoms with Gasteiger partial charge in [0.2, 0.25) is 11.8 Å². The standard InChI is InChI=1S/C31H29N3O4/c1-17-24-16-34(28-15-27(36)22-8-4-5-9-23(22)31(17,24)28)30(38)13-18(32)12-29(37)33-11-10-20-19-6-2-3-7-21(19)26(35)14-25(20)33/h2-9,14-15,17-18,20,24H,10-13,16,32H2,1H3/t17?,18?,20?,24?,31-/m1/s1. The van der Waals surface area contributed by atoms with Crippen molar-refractivity contribution in [2.45, 2.75) is 43.6 Å². The van der Waals surface area contributed by atoms with E-state index in [0.29, 0.717) is 24.6 Å². The first-order chi connectivity index (χ1) is 18.3. The molecule has 2 amide bonds. The number of ketones is 2. The van der Waals surface area contributed by atoms with Crippen molar-refractivity contribution in [1.82, 2.24) is 9.80 Å². The Morgan fingerprint density at radius 1 is 0.947 bits per heavy atom. The van der Waals surface area contributed by atoms with Gasteiger partial charge in [0, 0.05) is 78.0 Å². The highest BCUT2D eigenvalue weighted by molar-refractivity contribution is 6.09. The first-order valence-electron chi connectivity index (χ1n) is 13.4. The predicted octanol–water partition coefficient (Wildman–Crippen LogP) is 3.32. The number of nitrogens with two attached hydrogens (primary N) is 1. The molecule has 5 aliphatic rings. The van der Waals surface area contributed by atoms with Crippen molar-refractivity contribution in [1.29, 1.82) is 0 Å². The molecule has 1 saturated carbocycles. The molecule has 0 bridgehead atoms. The number of allylic oxidation sites excluding steroid dienone is 4. The van der Waals surface area contributed by atoms with Gasteiger partial charge in [-0.1, -0.05) is 55.5 Å². The predicted molar refractivity (Wildman–Crippen MR) is 140 cm³/mol. The van der Waals surface area contributed by atoms with Gasteiger partial charge < -0.3 is 15.5 Å². The van der Waals surface area contributed by atoms with Crippen molar-refractivity contribution in [3.8, 4) is 0 Å². The summed E-state index contributed by atoms with van der Waals surface area (Å²) >= 11 is 0. The zero-order chi connectivity index (χ0) is 26.3. The minimum Gasteiger partial charge on any atom is -0.327 e. The van der Waals surface area contributed by atoms with Gasteiger partial charge in [-0.15, -0.1) is 0 Å². The molecule has 2 saturated heterocycles. The van der Waals surface area contributed by atoms with Gasteiger partial charge in [-0.2, -0.15) is 0 Å². The molecule has 3 fully saturated rings. The summed E-state index contributed by atoms with van der Waals surface area (Å²) in [7, 11) is 0. The summed E-state index contributed by atoms with van der Waals surface area (Å²) in [5.41, 5.74) is 11.0. The molecule has 7 nitrogen and oxygen atoms in total. The van der Waals surface area contributed by atoms with Crippen molar-refractivity contribution in [3.05, 3.63) is 94.3 Å². The first-order valence-corrected chi connectivity index (χ1v) is 13.4. The zero-order valence-corrected chi connectivity index (χ0v) is 21.2. The maximum atomic E-state index is 13.4. The van der Waals surface area contributed by atoms with Gasteiger partial charge in [0.25, 0.3) is 0 Å². The van der Waals surface area contributed by atoms with Gasteiger partial charge in [-0.25, -0.2) is 0 Å². The van der Waals surface area contributed by atoms with Crippen LogP contribution in [0, 0.1) is 11.8 Å². The maximum Gasteiger partial charge on any atom is 0.228 e. The molecule has 38 heavy (non-hydrogen) atoms. The minimum absolute atomic E-state index is 0.0191. The molecule has 2 aromatic rings. The number of rotatable bonds is 4. The largest absolute Gasteiger partial charge is 0.327 e. The molecule has 0 aromatic heterocycles. The molecule has 5 atom stereocenters. The van der Waals surface area contributed by atoms with Crippen LogP contribution in [0.15, 0.2) is 72.1 Å². The number of nitrogens with zero attached hydrogens (tertiary/aromatic N) is 2. The lowest BCUT2D eigenvalue weighted by Crippen LogP contribution is -2.40. The average molecular weight is 508 g/mol. The summed E-state index contributed by atoms with van der Waals surface area (Å²) in [6.07, 6.45) is 4.01. The summed E-state index contributed by atoms with van der Waals surface area (Å²) < 4.78 is 0. The van der Waals surface area contributed by atoms with Crippen LogP contribution in [-0.4, -0.2) is 52.3 Å². The van der Waals surface area contributed by atoms with Crippen LogP contribution < -0.4 is 5.73 Å². The van der Waals surface area contributed by atoms with E-state index in [4.69, 9.17) is 5.73 Å². The summed E-state index contributed by atoms with van der Waals surface area (Å²) in [6, 6.07) is 14.6. The molecular weight excluding hydrogens is 478 g/mol. The number of fused-ring (bicyclic) bond motifs is 4.